The lowest BCUT2D eigenvalue weighted by molar-refractivity contribution is -0.140. The van der Waals surface area contributed by atoms with E-state index in [9.17, 15) is 22.4 Å². The molecule has 1 saturated carbocycles. The Morgan fingerprint density at radius 3 is 2.24 bits per heavy atom. The van der Waals surface area contributed by atoms with Gasteiger partial charge in [0.2, 0.25) is 11.8 Å². The number of halogens is 1. The quantitative estimate of drug-likeness (QED) is 0.307. The van der Waals surface area contributed by atoms with Crippen LogP contribution in [-0.2, 0) is 26.2 Å². The third-order valence-corrected chi connectivity index (χ3v) is 9.34. The Kier molecular flexibility index (Phi) is 10.6. The van der Waals surface area contributed by atoms with E-state index in [0.29, 0.717) is 12.0 Å². The molecule has 1 aliphatic carbocycles. The van der Waals surface area contributed by atoms with Crippen LogP contribution in [0.2, 0.25) is 0 Å². The lowest BCUT2D eigenvalue weighted by Gasteiger charge is -2.34. The SMILES string of the molecule is CC[C@@H](C(=O)NC1CCCCC1)N(Cc1ccc(F)cc1)C(=O)CN(c1ccccc1OC)S(=O)(=O)c1ccccc1. The van der Waals surface area contributed by atoms with E-state index in [2.05, 4.69) is 5.32 Å². The average Bonchev–Trinajstić information content (AvgIpc) is 3.01. The molecule has 1 fully saturated rings. The van der Waals surface area contributed by atoms with Crippen LogP contribution in [0.15, 0.2) is 83.8 Å². The number of sulfonamides is 1. The molecular formula is C32H38FN3O5S. The minimum atomic E-state index is -4.21. The highest BCUT2D eigenvalue weighted by Crippen LogP contribution is 2.32. The van der Waals surface area contributed by atoms with Gasteiger partial charge in [0.15, 0.2) is 0 Å². The molecule has 0 aliphatic heterocycles. The molecule has 10 heteroatoms. The Labute approximate surface area is 247 Å². The number of nitrogens with zero attached hydrogens (tertiary/aromatic N) is 2. The third-order valence-electron chi connectivity index (χ3n) is 7.57. The van der Waals surface area contributed by atoms with Crippen LogP contribution in [0, 0.1) is 5.82 Å². The number of amides is 2. The summed E-state index contributed by atoms with van der Waals surface area (Å²) >= 11 is 0. The Balaban J connectivity index is 1.72. The number of hydrogen-bond acceptors (Lipinski definition) is 5. The molecule has 42 heavy (non-hydrogen) atoms. The first-order valence-electron chi connectivity index (χ1n) is 14.3. The number of anilines is 1. The summed E-state index contributed by atoms with van der Waals surface area (Å²) < 4.78 is 48.1. The molecule has 4 rings (SSSR count). The lowest BCUT2D eigenvalue weighted by atomic mass is 9.95. The van der Waals surface area contributed by atoms with Crippen molar-refractivity contribution in [1.29, 1.82) is 0 Å². The monoisotopic (exact) mass is 595 g/mol. The fourth-order valence-corrected chi connectivity index (χ4v) is 6.76. The van der Waals surface area contributed by atoms with Crippen molar-refractivity contribution < 1.29 is 27.1 Å². The summed E-state index contributed by atoms with van der Waals surface area (Å²) in [5.41, 5.74) is 0.807. The zero-order valence-electron chi connectivity index (χ0n) is 24.0. The second kappa shape index (κ2) is 14.3. The van der Waals surface area contributed by atoms with Gasteiger partial charge in [-0.15, -0.1) is 0 Å². The summed E-state index contributed by atoms with van der Waals surface area (Å²) in [7, 11) is -2.79. The third kappa shape index (κ3) is 7.47. The van der Waals surface area contributed by atoms with E-state index in [4.69, 9.17) is 4.74 Å². The summed E-state index contributed by atoms with van der Waals surface area (Å²) in [4.78, 5) is 29.2. The summed E-state index contributed by atoms with van der Waals surface area (Å²) in [6.07, 6.45) is 5.27. The largest absolute Gasteiger partial charge is 0.495 e. The number of benzene rings is 3. The van der Waals surface area contributed by atoms with Crippen molar-refractivity contribution >= 4 is 27.5 Å². The van der Waals surface area contributed by atoms with Gasteiger partial charge in [0.1, 0.15) is 24.2 Å². The Hall–Kier alpha value is -3.92. The van der Waals surface area contributed by atoms with Gasteiger partial charge >= 0.3 is 0 Å². The number of rotatable bonds is 12. The molecule has 0 heterocycles. The van der Waals surface area contributed by atoms with Crippen LogP contribution in [0.4, 0.5) is 10.1 Å². The van der Waals surface area contributed by atoms with Crippen molar-refractivity contribution in [2.45, 2.75) is 69.0 Å². The van der Waals surface area contributed by atoms with Gasteiger partial charge in [-0.05, 0) is 61.2 Å². The van der Waals surface area contributed by atoms with Crippen LogP contribution >= 0.6 is 0 Å². The molecule has 0 bridgehead atoms. The number of carbonyl (C=O) groups excluding carboxylic acids is 2. The topological polar surface area (TPSA) is 96.0 Å². The molecule has 0 radical (unpaired) electrons. The van der Waals surface area contributed by atoms with Gasteiger partial charge in [-0.3, -0.25) is 13.9 Å². The van der Waals surface area contributed by atoms with E-state index in [0.717, 1.165) is 36.4 Å². The maximum absolute atomic E-state index is 14.2. The van der Waals surface area contributed by atoms with E-state index < -0.39 is 34.3 Å². The molecular weight excluding hydrogens is 557 g/mol. The molecule has 3 aromatic carbocycles. The molecule has 0 aromatic heterocycles. The maximum atomic E-state index is 14.2. The van der Waals surface area contributed by atoms with Crippen LogP contribution in [0.5, 0.6) is 5.75 Å². The minimum Gasteiger partial charge on any atom is -0.495 e. The average molecular weight is 596 g/mol. The van der Waals surface area contributed by atoms with Gasteiger partial charge in [-0.1, -0.05) is 68.7 Å². The lowest BCUT2D eigenvalue weighted by Crippen LogP contribution is -2.54. The minimum absolute atomic E-state index is 0.000849. The first-order chi connectivity index (χ1) is 20.2. The Bertz CT molecular complexity index is 1440. The van der Waals surface area contributed by atoms with Gasteiger partial charge in [0.25, 0.3) is 10.0 Å². The molecule has 0 spiro atoms. The molecule has 0 unspecified atom stereocenters. The molecule has 8 nitrogen and oxygen atoms in total. The van der Waals surface area contributed by atoms with Crippen molar-refractivity contribution in [2.24, 2.45) is 0 Å². The van der Waals surface area contributed by atoms with Crippen LogP contribution in [-0.4, -0.2) is 50.9 Å². The molecule has 0 saturated heterocycles. The second-order valence-corrected chi connectivity index (χ2v) is 12.3. The summed E-state index contributed by atoms with van der Waals surface area (Å²) in [5, 5.41) is 3.11. The Morgan fingerprint density at radius 1 is 0.952 bits per heavy atom. The Morgan fingerprint density at radius 2 is 1.60 bits per heavy atom. The maximum Gasteiger partial charge on any atom is 0.264 e. The van der Waals surface area contributed by atoms with Gasteiger partial charge < -0.3 is 15.0 Å². The highest BCUT2D eigenvalue weighted by atomic mass is 32.2. The van der Waals surface area contributed by atoms with Gasteiger partial charge in [-0.25, -0.2) is 12.8 Å². The normalized spacial score (nSPS) is 14.5. The van der Waals surface area contributed by atoms with E-state index in [1.807, 2.05) is 6.92 Å². The smallest absolute Gasteiger partial charge is 0.264 e. The summed E-state index contributed by atoms with van der Waals surface area (Å²) in [6.45, 7) is 1.24. The van der Waals surface area contributed by atoms with Crippen molar-refractivity contribution in [3.8, 4) is 5.75 Å². The first-order valence-corrected chi connectivity index (χ1v) is 15.7. The number of hydrogen-bond donors (Lipinski definition) is 1. The fraction of sp³-hybridized carbons (Fsp3) is 0.375. The number of nitrogens with one attached hydrogen (secondary N) is 1. The number of methoxy groups -OCH3 is 1. The fourth-order valence-electron chi connectivity index (χ4n) is 5.32. The van der Waals surface area contributed by atoms with Gasteiger partial charge in [0, 0.05) is 12.6 Å². The van der Waals surface area contributed by atoms with Gasteiger partial charge in [0.05, 0.1) is 17.7 Å². The number of ether oxygens (including phenoxy) is 1. The van der Waals surface area contributed by atoms with Crippen LogP contribution in [0.1, 0.15) is 51.0 Å². The van der Waals surface area contributed by atoms with Gasteiger partial charge in [-0.2, -0.15) is 0 Å². The molecule has 1 aliphatic rings. The van der Waals surface area contributed by atoms with Crippen molar-refractivity contribution in [3.63, 3.8) is 0 Å². The van der Waals surface area contributed by atoms with Crippen molar-refractivity contribution in [1.82, 2.24) is 10.2 Å². The van der Waals surface area contributed by atoms with Crippen LogP contribution in [0.25, 0.3) is 0 Å². The highest BCUT2D eigenvalue weighted by molar-refractivity contribution is 7.92. The molecule has 2 amide bonds. The highest BCUT2D eigenvalue weighted by Gasteiger charge is 2.35. The summed E-state index contributed by atoms with van der Waals surface area (Å²) in [5.74, 6) is -1.00. The zero-order valence-corrected chi connectivity index (χ0v) is 24.9. The first kappa shape index (κ1) is 31.0. The van der Waals surface area contributed by atoms with E-state index >= 15 is 0 Å². The summed E-state index contributed by atoms with van der Waals surface area (Å²) in [6, 6.07) is 19.3. The second-order valence-electron chi connectivity index (χ2n) is 10.4. The number of carbonyl (C=O) groups is 2. The van der Waals surface area contributed by atoms with E-state index in [1.165, 1.54) is 36.3 Å². The van der Waals surface area contributed by atoms with Crippen LogP contribution < -0.4 is 14.4 Å². The standard InChI is InChI=1S/C32H38FN3O5S/c1-3-28(32(38)34-26-12-6-4-7-13-26)35(22-24-18-20-25(33)21-19-24)31(37)23-36(29-16-10-11-17-30(29)41-2)42(39,40)27-14-8-5-9-15-27/h5,8-11,14-21,26,28H,3-4,6-7,12-13,22-23H2,1-2H3,(H,34,38)/t28-/m0/s1. The molecule has 1 N–H and O–H groups in total. The van der Waals surface area contributed by atoms with E-state index in [1.54, 1.807) is 54.6 Å². The predicted octanol–water partition coefficient (Wildman–Crippen LogP) is 5.29. The molecule has 3 aromatic rings. The van der Waals surface area contributed by atoms with Crippen molar-refractivity contribution in [2.75, 3.05) is 18.0 Å². The predicted molar refractivity (Wildman–Crippen MR) is 160 cm³/mol. The van der Waals surface area contributed by atoms with Crippen LogP contribution in [0.3, 0.4) is 0 Å². The van der Waals surface area contributed by atoms with E-state index in [-0.39, 0.29) is 34.8 Å². The molecule has 224 valence electrons. The molecule has 1 atom stereocenters. The zero-order chi connectivity index (χ0) is 30.1. The van der Waals surface area contributed by atoms with Crippen molar-refractivity contribution in [3.05, 3.63) is 90.2 Å². The number of para-hydroxylation sites is 2.